The van der Waals surface area contributed by atoms with Crippen LogP contribution in [0.5, 0.6) is 5.75 Å². The molecule has 0 radical (unpaired) electrons. The Hall–Kier alpha value is -1.95. The molecule has 1 fully saturated rings. The van der Waals surface area contributed by atoms with Crippen LogP contribution in [0.25, 0.3) is 11.1 Å². The number of hydrogen-bond acceptors (Lipinski definition) is 4. The van der Waals surface area contributed by atoms with E-state index < -0.39 is 0 Å². The Morgan fingerprint density at radius 3 is 2.56 bits per heavy atom. The van der Waals surface area contributed by atoms with Gasteiger partial charge in [0.2, 0.25) is 0 Å². The second-order valence-electron chi connectivity index (χ2n) is 8.89. The lowest BCUT2D eigenvalue weighted by Gasteiger charge is -2.27. The van der Waals surface area contributed by atoms with E-state index in [1.165, 1.54) is 12.8 Å². The largest absolute Gasteiger partial charge is 0.404 e. The summed E-state index contributed by atoms with van der Waals surface area (Å²) in [6, 6.07) is 11.9. The van der Waals surface area contributed by atoms with Gasteiger partial charge in [-0.1, -0.05) is 32.9 Å². The molecule has 1 saturated carbocycles. The van der Waals surface area contributed by atoms with Crippen molar-refractivity contribution in [3.8, 4) is 16.9 Å². The highest BCUT2D eigenvalue weighted by atomic mass is 19.1. The lowest BCUT2D eigenvalue weighted by atomic mass is 9.96. The van der Waals surface area contributed by atoms with Crippen molar-refractivity contribution in [1.82, 2.24) is 10.4 Å². The molecule has 1 aliphatic carbocycles. The Balaban J connectivity index is 1.57. The number of nitrogens with two attached hydrogens (primary N) is 1. The maximum absolute atomic E-state index is 14.2. The molecule has 1 aliphatic heterocycles. The molecule has 5 heteroatoms. The average Bonchev–Trinajstić information content (AvgIpc) is 3.39. The second-order valence-corrected chi connectivity index (χ2v) is 8.89. The van der Waals surface area contributed by atoms with Crippen LogP contribution >= 0.6 is 0 Å². The third-order valence-corrected chi connectivity index (χ3v) is 5.02. The lowest BCUT2D eigenvalue weighted by molar-refractivity contribution is -0.0906. The number of benzene rings is 2. The quantitative estimate of drug-likeness (QED) is 0.822. The predicted molar refractivity (Wildman–Crippen MR) is 105 cm³/mol. The maximum Gasteiger partial charge on any atom is 0.153 e. The van der Waals surface area contributed by atoms with E-state index in [9.17, 15) is 4.39 Å². The van der Waals surface area contributed by atoms with Crippen molar-refractivity contribution in [1.29, 1.82) is 0 Å². The Kier molecular flexibility index (Phi) is 4.70. The summed E-state index contributed by atoms with van der Waals surface area (Å²) in [5.41, 5.74) is 10.2. The number of halogens is 1. The van der Waals surface area contributed by atoms with Crippen LogP contribution in [0.3, 0.4) is 0 Å². The molecule has 144 valence electrons. The molecular weight excluding hydrogens is 341 g/mol. The Morgan fingerprint density at radius 2 is 1.85 bits per heavy atom. The number of fused-ring (bicyclic) bond motifs is 1. The van der Waals surface area contributed by atoms with Crippen LogP contribution in [-0.2, 0) is 6.54 Å². The number of rotatable bonds is 5. The Labute approximate surface area is 160 Å². The monoisotopic (exact) mass is 369 g/mol. The van der Waals surface area contributed by atoms with Gasteiger partial charge in [-0.2, -0.15) is 0 Å². The van der Waals surface area contributed by atoms with E-state index in [2.05, 4.69) is 32.2 Å². The fraction of sp³-hybridized carbons (Fsp3) is 0.455. The minimum Gasteiger partial charge on any atom is -0.404 e. The van der Waals surface area contributed by atoms with Crippen LogP contribution in [0.2, 0.25) is 0 Å². The van der Waals surface area contributed by atoms with E-state index in [1.807, 2.05) is 29.3 Å². The van der Waals surface area contributed by atoms with Crippen LogP contribution in [0, 0.1) is 11.2 Å². The van der Waals surface area contributed by atoms with Gasteiger partial charge in [-0.15, -0.1) is 5.06 Å². The van der Waals surface area contributed by atoms with Crippen LogP contribution in [0.1, 0.15) is 50.9 Å². The van der Waals surface area contributed by atoms with Gasteiger partial charge in [-0.25, -0.2) is 4.39 Å². The first kappa shape index (κ1) is 18.4. The Bertz CT molecular complexity index is 842. The maximum atomic E-state index is 14.2. The van der Waals surface area contributed by atoms with Gasteiger partial charge in [0, 0.05) is 30.3 Å². The van der Waals surface area contributed by atoms with E-state index in [-0.39, 0.29) is 17.4 Å². The highest BCUT2D eigenvalue weighted by Gasteiger charge is 2.32. The van der Waals surface area contributed by atoms with Crippen molar-refractivity contribution in [2.75, 3.05) is 6.54 Å². The molecule has 1 atom stereocenters. The summed E-state index contributed by atoms with van der Waals surface area (Å²) < 4.78 is 14.2. The topological polar surface area (TPSA) is 50.5 Å². The third kappa shape index (κ3) is 4.15. The Morgan fingerprint density at radius 1 is 1.15 bits per heavy atom. The smallest absolute Gasteiger partial charge is 0.153 e. The highest BCUT2D eigenvalue weighted by molar-refractivity contribution is 5.67. The summed E-state index contributed by atoms with van der Waals surface area (Å²) in [7, 11) is 0. The van der Waals surface area contributed by atoms with Crippen LogP contribution in [-0.4, -0.2) is 17.6 Å². The van der Waals surface area contributed by atoms with E-state index in [1.54, 1.807) is 6.07 Å². The summed E-state index contributed by atoms with van der Waals surface area (Å²) in [4.78, 5) is 5.94. The van der Waals surface area contributed by atoms with Crippen molar-refractivity contribution in [3.63, 3.8) is 0 Å². The van der Waals surface area contributed by atoms with Crippen molar-refractivity contribution >= 4 is 0 Å². The molecule has 2 aromatic carbocycles. The molecular formula is C22H28FN3O. The summed E-state index contributed by atoms with van der Waals surface area (Å²) in [5, 5.41) is 5.22. The van der Waals surface area contributed by atoms with Crippen LogP contribution in [0.4, 0.5) is 4.39 Å². The van der Waals surface area contributed by atoms with E-state index in [4.69, 9.17) is 10.6 Å². The van der Waals surface area contributed by atoms with Crippen molar-refractivity contribution < 1.29 is 9.23 Å². The summed E-state index contributed by atoms with van der Waals surface area (Å²) in [6.07, 6.45) is 2.08. The molecule has 2 aromatic rings. The number of hydroxylamine groups is 2. The molecule has 3 N–H and O–H groups in total. The van der Waals surface area contributed by atoms with Gasteiger partial charge >= 0.3 is 0 Å². The van der Waals surface area contributed by atoms with Crippen LogP contribution in [0.15, 0.2) is 36.4 Å². The average molecular weight is 369 g/mol. The molecule has 0 saturated heterocycles. The molecule has 0 amide bonds. The summed E-state index contributed by atoms with van der Waals surface area (Å²) >= 11 is 0. The number of nitrogens with one attached hydrogen (secondary N) is 1. The molecule has 4 nitrogen and oxygen atoms in total. The van der Waals surface area contributed by atoms with Gasteiger partial charge in [-0.3, -0.25) is 0 Å². The highest BCUT2D eigenvalue weighted by Crippen LogP contribution is 2.38. The van der Waals surface area contributed by atoms with Gasteiger partial charge in [0.1, 0.15) is 12.0 Å². The first-order chi connectivity index (χ1) is 12.8. The molecule has 0 bridgehead atoms. The molecule has 0 spiro atoms. The van der Waals surface area contributed by atoms with E-state index in [0.29, 0.717) is 18.2 Å². The fourth-order valence-electron chi connectivity index (χ4n) is 3.41. The zero-order chi connectivity index (χ0) is 19.2. The SMILES string of the molecule is CC(C)(C)CN1Oc2ccc(-c3ccc(F)c(CNC4CC4)c3)cc2C1N. The fourth-order valence-corrected chi connectivity index (χ4v) is 3.41. The van der Waals surface area contributed by atoms with Crippen LogP contribution < -0.4 is 15.9 Å². The minimum atomic E-state index is -0.296. The zero-order valence-corrected chi connectivity index (χ0v) is 16.3. The van der Waals surface area contributed by atoms with Gasteiger partial charge in [0.15, 0.2) is 5.75 Å². The van der Waals surface area contributed by atoms with E-state index in [0.717, 1.165) is 29.0 Å². The molecule has 1 heterocycles. The number of hydrogen-bond donors (Lipinski definition) is 2. The van der Waals surface area contributed by atoms with Gasteiger partial charge in [-0.05, 0) is 53.6 Å². The van der Waals surface area contributed by atoms with Gasteiger partial charge < -0.3 is 15.9 Å². The normalized spacial score (nSPS) is 19.8. The third-order valence-electron chi connectivity index (χ3n) is 5.02. The first-order valence-corrected chi connectivity index (χ1v) is 9.66. The van der Waals surface area contributed by atoms with Gasteiger partial charge in [0.25, 0.3) is 0 Å². The van der Waals surface area contributed by atoms with E-state index >= 15 is 0 Å². The van der Waals surface area contributed by atoms with Crippen molar-refractivity contribution in [2.24, 2.45) is 11.1 Å². The first-order valence-electron chi connectivity index (χ1n) is 9.66. The van der Waals surface area contributed by atoms with Gasteiger partial charge in [0.05, 0.1) is 0 Å². The molecule has 2 aliphatic rings. The van der Waals surface area contributed by atoms with Crippen molar-refractivity contribution in [3.05, 3.63) is 53.3 Å². The number of nitrogens with zero attached hydrogens (tertiary/aromatic N) is 1. The second kappa shape index (κ2) is 6.89. The summed E-state index contributed by atoms with van der Waals surface area (Å²) in [6.45, 7) is 7.79. The molecule has 27 heavy (non-hydrogen) atoms. The van der Waals surface area contributed by atoms with Crippen molar-refractivity contribution in [2.45, 2.75) is 52.4 Å². The molecule has 4 rings (SSSR count). The molecule has 0 aromatic heterocycles. The lowest BCUT2D eigenvalue weighted by Crippen LogP contribution is -2.38. The predicted octanol–water partition coefficient (Wildman–Crippen LogP) is 4.36. The minimum absolute atomic E-state index is 0.0862. The zero-order valence-electron chi connectivity index (χ0n) is 16.3. The molecule has 1 unspecified atom stereocenters. The summed E-state index contributed by atoms with van der Waals surface area (Å²) in [5.74, 6) is 0.637. The standard InChI is InChI=1S/C22H28FN3O/c1-22(2,3)13-26-21(24)18-11-15(5-9-20(18)27-26)14-4-8-19(23)16(10-14)12-25-17-6-7-17/h4-5,8-11,17,21,25H,6-7,12-13,24H2,1-3H3.